The molecule has 0 fully saturated rings. The van der Waals surface area contributed by atoms with Crippen LogP contribution in [0, 0.1) is 22.5 Å². The predicted molar refractivity (Wildman–Crippen MR) is 70.2 cm³/mol. The van der Waals surface area contributed by atoms with Gasteiger partial charge in [0.05, 0.1) is 17.0 Å². The third kappa shape index (κ3) is 4.26. The number of rotatable bonds is 5. The van der Waals surface area contributed by atoms with E-state index in [4.69, 9.17) is 18.0 Å². The van der Waals surface area contributed by atoms with E-state index in [1.807, 2.05) is 0 Å². The van der Waals surface area contributed by atoms with E-state index in [1.165, 1.54) is 12.1 Å². The number of hydrogen-bond donors (Lipinski definition) is 1. The van der Waals surface area contributed by atoms with Crippen LogP contribution in [0.3, 0.4) is 0 Å². The Morgan fingerprint density at radius 2 is 2.20 bits per heavy atom. The van der Waals surface area contributed by atoms with Crippen molar-refractivity contribution in [3.63, 3.8) is 0 Å². The number of hydrogen-bond acceptors (Lipinski definition) is 5. The predicted octanol–water partition coefficient (Wildman–Crippen LogP) is 1.15. The highest BCUT2D eigenvalue weighted by Gasteiger charge is 2.17. The minimum atomic E-state index is -0.874. The van der Waals surface area contributed by atoms with Crippen LogP contribution in [-0.2, 0) is 9.53 Å². The number of amides is 1. The molecule has 0 aliphatic carbocycles. The van der Waals surface area contributed by atoms with Crippen LogP contribution in [0.25, 0.3) is 0 Å². The fraction of sp³-hybridized carbons (Fsp3) is 0.167. The lowest BCUT2D eigenvalue weighted by Gasteiger charge is -2.05. The number of nitro groups is 1. The van der Waals surface area contributed by atoms with Gasteiger partial charge in [0.1, 0.15) is 5.02 Å². The van der Waals surface area contributed by atoms with Crippen LogP contribution < -0.4 is 5.32 Å². The van der Waals surface area contributed by atoms with Gasteiger partial charge in [0.25, 0.3) is 11.6 Å². The Hall–Kier alpha value is -2.59. The summed E-state index contributed by atoms with van der Waals surface area (Å²) in [6.07, 6.45) is 4.93. The van der Waals surface area contributed by atoms with Gasteiger partial charge < -0.3 is 10.1 Å². The summed E-state index contributed by atoms with van der Waals surface area (Å²) in [6.45, 7) is -0.514. The maximum absolute atomic E-state index is 11.6. The second-order valence-corrected chi connectivity index (χ2v) is 3.89. The summed E-state index contributed by atoms with van der Waals surface area (Å²) in [5.41, 5.74) is -0.497. The first-order valence-electron chi connectivity index (χ1n) is 5.27. The van der Waals surface area contributed by atoms with Crippen LogP contribution in [0.15, 0.2) is 18.2 Å². The molecule has 8 heteroatoms. The van der Waals surface area contributed by atoms with Crippen molar-refractivity contribution in [3.05, 3.63) is 38.9 Å². The number of esters is 1. The number of terminal acetylenes is 1. The third-order valence-electron chi connectivity index (χ3n) is 2.10. The summed E-state index contributed by atoms with van der Waals surface area (Å²) >= 11 is 5.60. The number of nitrogens with zero attached hydrogens (tertiary/aromatic N) is 1. The normalized spacial score (nSPS) is 9.40. The monoisotopic (exact) mass is 296 g/mol. The number of ether oxygens (including phenoxy) is 1. The molecule has 0 unspecified atom stereocenters. The Balaban J connectivity index is 2.69. The Bertz CT molecular complexity index is 594. The van der Waals surface area contributed by atoms with Crippen LogP contribution in [0.2, 0.25) is 5.02 Å². The van der Waals surface area contributed by atoms with E-state index in [0.717, 1.165) is 6.07 Å². The SMILES string of the molecule is C#CCNC(=O)COC(=O)c1ccc(Cl)c([N+](=O)[O-])c1. The Kier molecular flexibility index (Phi) is 5.50. The van der Waals surface area contributed by atoms with Crippen LogP contribution in [0.1, 0.15) is 10.4 Å². The summed E-state index contributed by atoms with van der Waals surface area (Å²) in [6, 6.07) is 3.44. The topological polar surface area (TPSA) is 98.5 Å². The van der Waals surface area contributed by atoms with Crippen molar-refractivity contribution in [1.82, 2.24) is 5.32 Å². The molecule has 1 aromatic rings. The van der Waals surface area contributed by atoms with E-state index in [1.54, 1.807) is 0 Å². The number of carbonyl (C=O) groups excluding carboxylic acids is 2. The Morgan fingerprint density at radius 3 is 2.80 bits per heavy atom. The molecule has 0 aliphatic rings. The number of nitro benzene ring substituents is 1. The number of nitrogens with one attached hydrogen (secondary N) is 1. The Labute approximate surface area is 119 Å². The van der Waals surface area contributed by atoms with Crippen LogP contribution in [-0.4, -0.2) is 30.0 Å². The maximum Gasteiger partial charge on any atom is 0.338 e. The molecule has 0 spiro atoms. The smallest absolute Gasteiger partial charge is 0.338 e. The van der Waals surface area contributed by atoms with Gasteiger partial charge in [0.15, 0.2) is 6.61 Å². The number of carbonyl (C=O) groups is 2. The zero-order valence-electron chi connectivity index (χ0n) is 10.1. The standard InChI is InChI=1S/C12H9ClN2O5/c1-2-5-14-11(16)7-20-12(17)8-3-4-9(13)10(6-8)15(18)19/h1,3-4,6H,5,7H2,(H,14,16). The minimum absolute atomic E-state index is 0.0167. The van der Waals surface area contributed by atoms with E-state index in [9.17, 15) is 19.7 Å². The van der Waals surface area contributed by atoms with Gasteiger partial charge in [-0.15, -0.1) is 6.42 Å². The average Bonchev–Trinajstić information content (AvgIpc) is 2.42. The lowest BCUT2D eigenvalue weighted by Crippen LogP contribution is -2.29. The van der Waals surface area contributed by atoms with Crippen molar-refractivity contribution < 1.29 is 19.2 Å². The van der Waals surface area contributed by atoms with E-state index in [2.05, 4.69) is 16.0 Å². The first-order valence-corrected chi connectivity index (χ1v) is 5.64. The fourth-order valence-electron chi connectivity index (χ4n) is 1.19. The average molecular weight is 297 g/mol. The minimum Gasteiger partial charge on any atom is -0.452 e. The summed E-state index contributed by atoms with van der Waals surface area (Å²) in [4.78, 5) is 32.7. The second kappa shape index (κ2) is 7.11. The highest BCUT2D eigenvalue weighted by molar-refractivity contribution is 6.32. The van der Waals surface area contributed by atoms with E-state index >= 15 is 0 Å². The molecule has 0 radical (unpaired) electrons. The lowest BCUT2D eigenvalue weighted by molar-refractivity contribution is -0.384. The molecule has 20 heavy (non-hydrogen) atoms. The molecule has 0 bridgehead atoms. The molecule has 1 rings (SSSR count). The van der Waals surface area contributed by atoms with Gasteiger partial charge in [0.2, 0.25) is 0 Å². The van der Waals surface area contributed by atoms with E-state index in [-0.39, 0.29) is 17.1 Å². The number of benzene rings is 1. The largest absolute Gasteiger partial charge is 0.452 e. The molecule has 0 atom stereocenters. The van der Waals surface area contributed by atoms with Gasteiger partial charge in [0, 0.05) is 6.07 Å². The summed E-state index contributed by atoms with van der Waals surface area (Å²) in [5.74, 6) is 0.738. The third-order valence-corrected chi connectivity index (χ3v) is 2.42. The molecule has 0 saturated heterocycles. The maximum atomic E-state index is 11.6. The fourth-order valence-corrected chi connectivity index (χ4v) is 1.38. The molecule has 1 N–H and O–H groups in total. The van der Waals surface area contributed by atoms with Gasteiger partial charge in [-0.1, -0.05) is 17.5 Å². The van der Waals surface area contributed by atoms with Crippen molar-refractivity contribution in [2.24, 2.45) is 0 Å². The van der Waals surface area contributed by atoms with Crippen LogP contribution >= 0.6 is 11.6 Å². The molecule has 1 aromatic carbocycles. The van der Waals surface area contributed by atoms with Gasteiger partial charge in [-0.05, 0) is 12.1 Å². The highest BCUT2D eigenvalue weighted by Crippen LogP contribution is 2.25. The van der Waals surface area contributed by atoms with E-state index < -0.39 is 29.1 Å². The van der Waals surface area contributed by atoms with Gasteiger partial charge in [-0.25, -0.2) is 4.79 Å². The van der Waals surface area contributed by atoms with Crippen molar-refractivity contribution >= 4 is 29.2 Å². The van der Waals surface area contributed by atoms with Crippen molar-refractivity contribution in [2.45, 2.75) is 0 Å². The zero-order valence-corrected chi connectivity index (χ0v) is 10.8. The molecule has 1 amide bonds. The molecule has 0 aliphatic heterocycles. The molecule has 0 heterocycles. The van der Waals surface area contributed by atoms with Crippen molar-refractivity contribution in [3.8, 4) is 12.3 Å². The second-order valence-electron chi connectivity index (χ2n) is 3.48. The van der Waals surface area contributed by atoms with Crippen molar-refractivity contribution in [1.29, 1.82) is 0 Å². The van der Waals surface area contributed by atoms with Gasteiger partial charge in [-0.2, -0.15) is 0 Å². The highest BCUT2D eigenvalue weighted by atomic mass is 35.5. The van der Waals surface area contributed by atoms with E-state index in [0.29, 0.717) is 0 Å². The van der Waals surface area contributed by atoms with Gasteiger partial charge in [-0.3, -0.25) is 14.9 Å². The lowest BCUT2D eigenvalue weighted by atomic mass is 10.2. The van der Waals surface area contributed by atoms with Gasteiger partial charge >= 0.3 is 5.97 Å². The quantitative estimate of drug-likeness (QED) is 0.380. The molecule has 7 nitrogen and oxygen atoms in total. The molecule has 104 valence electrons. The zero-order chi connectivity index (χ0) is 15.1. The summed E-state index contributed by atoms with van der Waals surface area (Å²) in [7, 11) is 0. The number of halogens is 1. The molecular weight excluding hydrogens is 288 g/mol. The van der Waals surface area contributed by atoms with Crippen LogP contribution in [0.5, 0.6) is 0 Å². The first-order chi connectivity index (χ1) is 9.45. The summed E-state index contributed by atoms with van der Waals surface area (Å²) < 4.78 is 4.68. The molecule has 0 saturated carbocycles. The summed E-state index contributed by atoms with van der Waals surface area (Å²) in [5, 5.41) is 12.9. The van der Waals surface area contributed by atoms with Crippen molar-refractivity contribution in [2.75, 3.05) is 13.2 Å². The molecular formula is C12H9ClN2O5. The first kappa shape index (κ1) is 15.5. The van der Waals surface area contributed by atoms with Crippen LogP contribution in [0.4, 0.5) is 5.69 Å². The Morgan fingerprint density at radius 1 is 1.50 bits per heavy atom. The molecule has 0 aromatic heterocycles.